The van der Waals surface area contributed by atoms with Crippen LogP contribution in [0.25, 0.3) is 28.1 Å². The fraction of sp³-hybridized carbons (Fsp3) is 0.423. The Morgan fingerprint density at radius 3 is 2.68 bits per heavy atom. The van der Waals surface area contributed by atoms with Gasteiger partial charge in [0.25, 0.3) is 0 Å². The van der Waals surface area contributed by atoms with Crippen LogP contribution in [-0.4, -0.2) is 69.6 Å². The van der Waals surface area contributed by atoms with Crippen molar-refractivity contribution in [3.8, 4) is 17.3 Å². The first-order valence-corrected chi connectivity index (χ1v) is 12.2. The summed E-state index contributed by atoms with van der Waals surface area (Å²) in [6.07, 6.45) is -2.46. The molecule has 2 unspecified atom stereocenters. The summed E-state index contributed by atoms with van der Waals surface area (Å²) in [6, 6.07) is 10.4. The molecule has 3 aromatic heterocycles. The van der Waals surface area contributed by atoms with Crippen molar-refractivity contribution in [2.45, 2.75) is 31.6 Å². The minimum Gasteiger partial charge on any atom is -0.493 e. The fourth-order valence-electron chi connectivity index (χ4n) is 5.00. The highest BCUT2D eigenvalue weighted by Gasteiger charge is 2.46. The number of pyridine rings is 2. The molecular weight excluding hydrogens is 485 g/mol. The van der Waals surface area contributed by atoms with Gasteiger partial charge in [0.2, 0.25) is 0 Å². The minimum absolute atomic E-state index is 0.0107. The molecule has 0 aliphatic carbocycles. The smallest absolute Gasteiger partial charge is 0.408 e. The molecule has 0 spiro atoms. The summed E-state index contributed by atoms with van der Waals surface area (Å²) in [5, 5.41) is 9.31. The minimum atomic E-state index is -4.45. The molecule has 2 aliphatic heterocycles. The Hall–Kier alpha value is -3.28. The van der Waals surface area contributed by atoms with Crippen molar-refractivity contribution in [2.75, 3.05) is 32.9 Å². The average Bonchev–Trinajstić information content (AvgIpc) is 3.46. The van der Waals surface area contributed by atoms with Crippen molar-refractivity contribution in [1.29, 1.82) is 0 Å². The van der Waals surface area contributed by atoms with Crippen LogP contribution in [0, 0.1) is 5.41 Å². The van der Waals surface area contributed by atoms with Crippen molar-refractivity contribution >= 4 is 16.6 Å². The van der Waals surface area contributed by atoms with Crippen molar-refractivity contribution in [1.82, 2.24) is 24.5 Å². The molecule has 1 aromatic carbocycles. The van der Waals surface area contributed by atoms with Crippen LogP contribution in [0.2, 0.25) is 0 Å². The van der Waals surface area contributed by atoms with Crippen LogP contribution in [0.1, 0.15) is 24.9 Å². The predicted octanol–water partition coefficient (Wildman–Crippen LogP) is 4.00. The van der Waals surface area contributed by atoms with E-state index in [1.807, 2.05) is 24.3 Å². The molecule has 2 N–H and O–H groups in total. The quantitative estimate of drug-likeness (QED) is 0.418. The fourth-order valence-corrected chi connectivity index (χ4v) is 5.00. The summed E-state index contributed by atoms with van der Waals surface area (Å²) < 4.78 is 55.3. The molecule has 2 atom stereocenters. The normalized spacial score (nSPS) is 20.8. The first kappa shape index (κ1) is 24.1. The molecular formula is C26H27F3N6O2. The van der Waals surface area contributed by atoms with Gasteiger partial charge >= 0.3 is 6.18 Å². The Morgan fingerprint density at radius 1 is 1.16 bits per heavy atom. The molecule has 2 fully saturated rings. The van der Waals surface area contributed by atoms with E-state index in [1.54, 1.807) is 16.5 Å². The van der Waals surface area contributed by atoms with Crippen LogP contribution in [0.3, 0.4) is 0 Å². The lowest BCUT2D eigenvalue weighted by atomic mass is 9.90. The number of hydrogen-bond donors (Lipinski definition) is 1. The standard InChI is InChI=1S/C26H27F3N6O2/c1-25(13-36-14-25)15-37-19-5-2-16-3-6-20(31-21(16)10-19)24-33-32-22-7-4-17(11-35(22)24)23(26(27,28)29)34-9-8-18(30)12-34/h2-7,10-11,18,23H,8-9,12-15,30H2,1H3. The number of nitrogens with two attached hydrogens (primary N) is 1. The second-order valence-electron chi connectivity index (χ2n) is 10.3. The van der Waals surface area contributed by atoms with Gasteiger partial charge in [-0.25, -0.2) is 4.98 Å². The number of nitrogens with zero attached hydrogens (tertiary/aromatic N) is 5. The van der Waals surface area contributed by atoms with Crippen molar-refractivity contribution in [3.63, 3.8) is 0 Å². The van der Waals surface area contributed by atoms with Crippen LogP contribution < -0.4 is 10.5 Å². The average molecular weight is 513 g/mol. The Labute approximate surface area is 211 Å². The van der Waals surface area contributed by atoms with Crippen LogP contribution in [0.5, 0.6) is 5.75 Å². The molecule has 0 bridgehead atoms. The lowest BCUT2D eigenvalue weighted by molar-refractivity contribution is -0.183. The van der Waals surface area contributed by atoms with Gasteiger partial charge in [0.15, 0.2) is 11.5 Å². The number of fused-ring (bicyclic) bond motifs is 2. The number of alkyl halides is 3. The van der Waals surface area contributed by atoms with Crippen molar-refractivity contribution in [2.24, 2.45) is 11.1 Å². The van der Waals surface area contributed by atoms with E-state index in [-0.39, 0.29) is 23.6 Å². The van der Waals surface area contributed by atoms with Gasteiger partial charge in [-0.3, -0.25) is 9.30 Å². The van der Waals surface area contributed by atoms with E-state index in [0.717, 1.165) is 5.39 Å². The molecule has 5 heterocycles. The second-order valence-corrected chi connectivity index (χ2v) is 10.3. The highest BCUT2D eigenvalue weighted by molar-refractivity contribution is 5.82. The number of hydrogen-bond acceptors (Lipinski definition) is 7. The van der Waals surface area contributed by atoms with Gasteiger partial charge in [0, 0.05) is 42.2 Å². The van der Waals surface area contributed by atoms with E-state index >= 15 is 0 Å². The Balaban J connectivity index is 1.34. The summed E-state index contributed by atoms with van der Waals surface area (Å²) in [5.41, 5.74) is 7.66. The number of benzene rings is 1. The van der Waals surface area contributed by atoms with Gasteiger partial charge < -0.3 is 15.2 Å². The second kappa shape index (κ2) is 8.93. The maximum absolute atomic E-state index is 14.2. The van der Waals surface area contributed by atoms with Crippen LogP contribution in [0.15, 0.2) is 48.7 Å². The van der Waals surface area contributed by atoms with Crippen LogP contribution in [0.4, 0.5) is 13.2 Å². The van der Waals surface area contributed by atoms with E-state index in [2.05, 4.69) is 17.1 Å². The Bertz CT molecular complexity index is 1450. The SMILES string of the molecule is CC1(COc2ccc3ccc(-c4nnc5ccc(C(N6CCC(N)C6)C(F)(F)F)cn45)nc3c2)COC1. The van der Waals surface area contributed by atoms with Crippen LogP contribution >= 0.6 is 0 Å². The highest BCUT2D eigenvalue weighted by atomic mass is 19.4. The molecule has 0 radical (unpaired) electrons. The molecule has 8 nitrogen and oxygen atoms in total. The topological polar surface area (TPSA) is 90.8 Å². The first-order valence-electron chi connectivity index (χ1n) is 12.2. The number of aromatic nitrogens is 4. The zero-order chi connectivity index (χ0) is 25.8. The lowest BCUT2D eigenvalue weighted by Gasteiger charge is -2.37. The summed E-state index contributed by atoms with van der Waals surface area (Å²) in [7, 11) is 0. The first-order chi connectivity index (χ1) is 17.7. The van der Waals surface area contributed by atoms with E-state index in [4.69, 9.17) is 20.2 Å². The van der Waals surface area contributed by atoms with E-state index in [9.17, 15) is 13.2 Å². The third-order valence-electron chi connectivity index (χ3n) is 7.05. The molecule has 37 heavy (non-hydrogen) atoms. The molecule has 0 saturated carbocycles. The molecule has 2 saturated heterocycles. The van der Waals surface area contributed by atoms with E-state index in [0.29, 0.717) is 61.2 Å². The zero-order valence-electron chi connectivity index (χ0n) is 20.3. The molecule has 2 aliphatic rings. The van der Waals surface area contributed by atoms with Gasteiger partial charge in [0.1, 0.15) is 17.5 Å². The third-order valence-corrected chi connectivity index (χ3v) is 7.05. The number of halogens is 3. The van der Waals surface area contributed by atoms with Gasteiger partial charge in [-0.2, -0.15) is 13.2 Å². The number of rotatable bonds is 6. The Morgan fingerprint density at radius 2 is 1.97 bits per heavy atom. The maximum atomic E-state index is 14.2. The van der Waals surface area contributed by atoms with Gasteiger partial charge in [-0.1, -0.05) is 19.1 Å². The Kier molecular flexibility index (Phi) is 5.81. The van der Waals surface area contributed by atoms with E-state index < -0.39 is 12.2 Å². The summed E-state index contributed by atoms with van der Waals surface area (Å²) in [5.74, 6) is 1.05. The monoisotopic (exact) mass is 512 g/mol. The molecule has 4 aromatic rings. The lowest BCUT2D eigenvalue weighted by Crippen LogP contribution is -2.44. The predicted molar refractivity (Wildman–Crippen MR) is 131 cm³/mol. The maximum Gasteiger partial charge on any atom is 0.408 e. The van der Waals surface area contributed by atoms with Crippen LogP contribution in [-0.2, 0) is 4.74 Å². The third kappa shape index (κ3) is 4.62. The zero-order valence-corrected chi connectivity index (χ0v) is 20.3. The highest BCUT2D eigenvalue weighted by Crippen LogP contribution is 2.39. The van der Waals surface area contributed by atoms with Gasteiger partial charge in [-0.05, 0) is 36.2 Å². The molecule has 6 rings (SSSR count). The summed E-state index contributed by atoms with van der Waals surface area (Å²) in [6.45, 7) is 4.48. The largest absolute Gasteiger partial charge is 0.493 e. The van der Waals surface area contributed by atoms with Crippen molar-refractivity contribution in [3.05, 3.63) is 54.2 Å². The molecule has 11 heteroatoms. The van der Waals surface area contributed by atoms with Gasteiger partial charge in [0.05, 0.1) is 25.3 Å². The summed E-state index contributed by atoms with van der Waals surface area (Å²) >= 11 is 0. The molecule has 194 valence electrons. The number of ether oxygens (including phenoxy) is 2. The number of likely N-dealkylation sites (tertiary alicyclic amines) is 1. The van der Waals surface area contributed by atoms with Crippen molar-refractivity contribution < 1.29 is 22.6 Å². The van der Waals surface area contributed by atoms with E-state index in [1.165, 1.54) is 17.2 Å². The molecule has 0 amide bonds. The van der Waals surface area contributed by atoms with Gasteiger partial charge in [-0.15, -0.1) is 10.2 Å². The summed E-state index contributed by atoms with van der Waals surface area (Å²) in [4.78, 5) is 6.13.